The molecular formula is C32H61N3. The van der Waals surface area contributed by atoms with Gasteiger partial charge in [0.2, 0.25) is 0 Å². The normalized spacial score (nSPS) is 11.4. The Morgan fingerprint density at radius 3 is 0.914 bits per heavy atom. The zero-order chi connectivity index (χ0) is 25.6. The Labute approximate surface area is 219 Å². The molecule has 204 valence electrons. The van der Waals surface area contributed by atoms with E-state index >= 15 is 0 Å². The summed E-state index contributed by atoms with van der Waals surface area (Å²) < 4.78 is 0. The zero-order valence-electron chi connectivity index (χ0n) is 23.8. The van der Waals surface area contributed by atoms with Crippen molar-refractivity contribution in [2.45, 2.75) is 168 Å². The lowest BCUT2D eigenvalue weighted by Gasteiger charge is -2.15. The van der Waals surface area contributed by atoms with Crippen LogP contribution in [0.25, 0.3) is 0 Å². The first-order valence-electron chi connectivity index (χ1n) is 15.6. The van der Waals surface area contributed by atoms with Crippen LogP contribution < -0.4 is 17.2 Å². The first-order chi connectivity index (χ1) is 17.1. The lowest BCUT2D eigenvalue weighted by atomic mass is 9.96. The fourth-order valence-corrected chi connectivity index (χ4v) is 5.23. The van der Waals surface area contributed by atoms with Gasteiger partial charge in [-0.1, -0.05) is 148 Å². The smallest absolute Gasteiger partial charge is 0.0787 e. The molecule has 3 nitrogen and oxygen atoms in total. The second-order valence-electron chi connectivity index (χ2n) is 11.0. The number of rotatable bonds is 24. The van der Waals surface area contributed by atoms with E-state index in [1.165, 1.54) is 152 Å². The lowest BCUT2D eigenvalue weighted by molar-refractivity contribution is 0.529. The van der Waals surface area contributed by atoms with Crippen LogP contribution in [0, 0.1) is 0 Å². The van der Waals surface area contributed by atoms with Gasteiger partial charge in [0.1, 0.15) is 0 Å². The van der Waals surface area contributed by atoms with E-state index in [4.69, 9.17) is 17.2 Å². The van der Waals surface area contributed by atoms with E-state index in [0.29, 0.717) is 11.4 Å². The van der Waals surface area contributed by atoms with Gasteiger partial charge < -0.3 is 17.2 Å². The van der Waals surface area contributed by atoms with Gasteiger partial charge in [-0.05, 0) is 36.8 Å². The molecule has 0 bridgehead atoms. The summed E-state index contributed by atoms with van der Waals surface area (Å²) in [6.45, 7) is 4.56. The van der Waals surface area contributed by atoms with Gasteiger partial charge in [0.25, 0.3) is 0 Å². The van der Waals surface area contributed by atoms with E-state index in [-0.39, 0.29) is 0 Å². The van der Waals surface area contributed by atoms with Crippen LogP contribution >= 0.6 is 0 Å². The number of anilines is 3. The molecule has 0 radical (unpaired) electrons. The van der Waals surface area contributed by atoms with Crippen LogP contribution in [0.4, 0.5) is 17.1 Å². The Balaban J connectivity index is 2.10. The summed E-state index contributed by atoms with van der Waals surface area (Å²) in [6.07, 6.45) is 32.2. The van der Waals surface area contributed by atoms with Gasteiger partial charge in [0.05, 0.1) is 17.1 Å². The Morgan fingerprint density at radius 2 is 0.629 bits per heavy atom. The van der Waals surface area contributed by atoms with Gasteiger partial charge in [0.15, 0.2) is 0 Å². The van der Waals surface area contributed by atoms with E-state index in [1.807, 2.05) is 0 Å². The first kappa shape index (κ1) is 31.6. The summed E-state index contributed by atoms with van der Waals surface area (Å²) in [4.78, 5) is 0. The molecule has 3 heteroatoms. The number of hydrogen-bond acceptors (Lipinski definition) is 3. The molecule has 6 N–H and O–H groups in total. The van der Waals surface area contributed by atoms with E-state index in [2.05, 4.69) is 19.9 Å². The minimum Gasteiger partial charge on any atom is -0.397 e. The maximum Gasteiger partial charge on any atom is 0.0787 e. The second kappa shape index (κ2) is 21.9. The van der Waals surface area contributed by atoms with E-state index in [1.54, 1.807) is 0 Å². The van der Waals surface area contributed by atoms with E-state index in [9.17, 15) is 0 Å². The van der Waals surface area contributed by atoms with E-state index < -0.39 is 0 Å². The molecule has 0 aliphatic carbocycles. The largest absolute Gasteiger partial charge is 0.397 e. The molecule has 0 fully saturated rings. The molecule has 0 heterocycles. The zero-order valence-corrected chi connectivity index (χ0v) is 23.8. The number of nitrogens with two attached hydrogens (primary N) is 3. The molecule has 35 heavy (non-hydrogen) atoms. The molecule has 0 aromatic heterocycles. The van der Waals surface area contributed by atoms with Crippen LogP contribution in [0.3, 0.4) is 0 Å². The molecule has 0 saturated heterocycles. The maximum absolute atomic E-state index is 6.32. The van der Waals surface area contributed by atoms with Crippen molar-refractivity contribution in [1.82, 2.24) is 0 Å². The summed E-state index contributed by atoms with van der Waals surface area (Å²) in [7, 11) is 0. The van der Waals surface area contributed by atoms with Crippen molar-refractivity contribution < 1.29 is 0 Å². The summed E-state index contributed by atoms with van der Waals surface area (Å²) in [6, 6.07) is 2.25. The molecule has 0 aliphatic rings. The van der Waals surface area contributed by atoms with Crippen molar-refractivity contribution in [3.63, 3.8) is 0 Å². The highest BCUT2D eigenvalue weighted by Gasteiger charge is 2.11. The molecule has 0 saturated carbocycles. The van der Waals surface area contributed by atoms with Gasteiger partial charge in [-0.25, -0.2) is 0 Å². The van der Waals surface area contributed by atoms with Gasteiger partial charge in [-0.15, -0.1) is 0 Å². The van der Waals surface area contributed by atoms with Gasteiger partial charge >= 0.3 is 0 Å². The monoisotopic (exact) mass is 487 g/mol. The molecule has 1 aromatic carbocycles. The standard InChI is InChI=1S/C32H61N3/c1-3-5-7-9-11-12-13-14-15-16-17-18-19-20-22-24-26-29-27-28(30(33)32(35)31(29)34)25-23-21-10-8-6-4-2/h27H,3-26,33-35H2,1-2H3. The van der Waals surface area contributed by atoms with Gasteiger partial charge in [0, 0.05) is 0 Å². The van der Waals surface area contributed by atoms with Crippen LogP contribution in [-0.2, 0) is 12.8 Å². The van der Waals surface area contributed by atoms with Gasteiger partial charge in [-0.2, -0.15) is 0 Å². The third-order valence-corrected chi connectivity index (χ3v) is 7.72. The Morgan fingerprint density at radius 1 is 0.371 bits per heavy atom. The summed E-state index contributed by atoms with van der Waals surface area (Å²) in [5.74, 6) is 0. The number of aryl methyl sites for hydroxylation is 2. The van der Waals surface area contributed by atoms with Gasteiger partial charge in [-0.3, -0.25) is 0 Å². The Hall–Kier alpha value is -1.38. The first-order valence-corrected chi connectivity index (χ1v) is 15.6. The predicted octanol–water partition coefficient (Wildman–Crippen LogP) is 10.1. The summed E-state index contributed by atoms with van der Waals surface area (Å²) in [5.41, 5.74) is 23.3. The topological polar surface area (TPSA) is 78.1 Å². The van der Waals surface area contributed by atoms with Crippen LogP contribution in [0.1, 0.15) is 166 Å². The van der Waals surface area contributed by atoms with E-state index in [0.717, 1.165) is 18.5 Å². The molecule has 1 rings (SSSR count). The minimum absolute atomic E-state index is 0.611. The highest BCUT2D eigenvalue weighted by Crippen LogP contribution is 2.32. The quantitative estimate of drug-likeness (QED) is 0.100. The number of benzene rings is 1. The van der Waals surface area contributed by atoms with Crippen LogP contribution in [-0.4, -0.2) is 0 Å². The number of unbranched alkanes of at least 4 members (excludes halogenated alkanes) is 20. The fourth-order valence-electron chi connectivity index (χ4n) is 5.23. The van der Waals surface area contributed by atoms with Crippen molar-refractivity contribution in [3.05, 3.63) is 17.2 Å². The third-order valence-electron chi connectivity index (χ3n) is 7.72. The van der Waals surface area contributed by atoms with Crippen molar-refractivity contribution in [3.8, 4) is 0 Å². The molecule has 0 atom stereocenters. The molecule has 1 aromatic rings. The number of hydrogen-bond donors (Lipinski definition) is 3. The molecule has 0 aliphatic heterocycles. The highest BCUT2D eigenvalue weighted by molar-refractivity contribution is 5.82. The molecule has 0 spiro atoms. The third kappa shape index (κ3) is 15.4. The lowest BCUT2D eigenvalue weighted by Crippen LogP contribution is -2.07. The average Bonchev–Trinajstić information content (AvgIpc) is 2.86. The van der Waals surface area contributed by atoms with Crippen LogP contribution in [0.2, 0.25) is 0 Å². The Bertz CT molecular complexity index is 626. The molecule has 0 unspecified atom stereocenters. The van der Waals surface area contributed by atoms with Crippen molar-refractivity contribution >= 4 is 17.1 Å². The highest BCUT2D eigenvalue weighted by atomic mass is 14.7. The summed E-state index contributed by atoms with van der Waals surface area (Å²) >= 11 is 0. The average molecular weight is 488 g/mol. The van der Waals surface area contributed by atoms with Crippen molar-refractivity contribution in [1.29, 1.82) is 0 Å². The van der Waals surface area contributed by atoms with Crippen molar-refractivity contribution in [2.75, 3.05) is 17.2 Å². The Kier molecular flexibility index (Phi) is 19.8. The fraction of sp³-hybridized carbons (Fsp3) is 0.812. The second-order valence-corrected chi connectivity index (χ2v) is 11.0. The van der Waals surface area contributed by atoms with Crippen molar-refractivity contribution in [2.24, 2.45) is 0 Å². The summed E-state index contributed by atoms with van der Waals surface area (Å²) in [5, 5.41) is 0. The maximum atomic E-state index is 6.32. The molecule has 0 amide bonds. The minimum atomic E-state index is 0.611. The SMILES string of the molecule is CCCCCCCCCCCCCCCCCCc1cc(CCCCCCCC)c(N)c(N)c1N. The van der Waals surface area contributed by atoms with Crippen LogP contribution in [0.5, 0.6) is 0 Å². The number of nitrogen functional groups attached to an aromatic ring is 3. The molecular weight excluding hydrogens is 426 g/mol. The van der Waals surface area contributed by atoms with Crippen LogP contribution in [0.15, 0.2) is 6.07 Å². The predicted molar refractivity (Wildman–Crippen MR) is 160 cm³/mol.